The minimum atomic E-state index is -0.676. The maximum absolute atomic E-state index is 8.80. The molecule has 0 spiro atoms. The van der Waals surface area contributed by atoms with Gasteiger partial charge in [0, 0.05) is 6.42 Å². The molecule has 0 aromatic rings. The summed E-state index contributed by atoms with van der Waals surface area (Å²) in [6.07, 6.45) is 0.796. The fraction of sp³-hybridized carbons (Fsp3) is 0.667. The van der Waals surface area contributed by atoms with E-state index in [1.807, 2.05) is 12.1 Å². The Morgan fingerprint density at radius 1 is 1.33 bits per heavy atom. The van der Waals surface area contributed by atoms with Crippen LogP contribution in [0.5, 0.6) is 0 Å². The first kappa shape index (κ1) is 10.5. The standard InChI is InChI=1S/C9H11N3/c1-8(6-11)9(2,7-12)4-3-5-10/h8H,3-4H2,1-2H3. The second-order valence-corrected chi connectivity index (χ2v) is 3.04. The maximum Gasteiger partial charge on any atom is 0.0711 e. The Hall–Kier alpha value is -1.53. The lowest BCUT2D eigenvalue weighted by atomic mass is 9.77. The highest BCUT2D eigenvalue weighted by Crippen LogP contribution is 2.30. The zero-order valence-corrected chi connectivity index (χ0v) is 7.33. The van der Waals surface area contributed by atoms with Crippen LogP contribution < -0.4 is 0 Å². The minimum absolute atomic E-state index is 0.323. The van der Waals surface area contributed by atoms with Gasteiger partial charge in [-0.1, -0.05) is 0 Å². The summed E-state index contributed by atoms with van der Waals surface area (Å²) in [6, 6.07) is 6.10. The second-order valence-electron chi connectivity index (χ2n) is 3.04. The first-order chi connectivity index (χ1) is 5.60. The van der Waals surface area contributed by atoms with Crippen LogP contribution in [0.4, 0.5) is 0 Å². The minimum Gasteiger partial charge on any atom is -0.198 e. The zero-order chi connectivity index (χ0) is 9.61. The first-order valence-electron chi connectivity index (χ1n) is 3.78. The van der Waals surface area contributed by atoms with Gasteiger partial charge in [0.25, 0.3) is 0 Å². The molecule has 0 rings (SSSR count). The van der Waals surface area contributed by atoms with Crippen LogP contribution in [0.25, 0.3) is 0 Å². The van der Waals surface area contributed by atoms with Crippen LogP contribution in [0.1, 0.15) is 26.7 Å². The van der Waals surface area contributed by atoms with Crippen molar-refractivity contribution in [2.45, 2.75) is 26.7 Å². The molecule has 0 bridgehead atoms. The molecule has 3 heteroatoms. The average Bonchev–Trinajstić information content (AvgIpc) is 2.12. The molecule has 2 unspecified atom stereocenters. The summed E-state index contributed by atoms with van der Waals surface area (Å²) >= 11 is 0. The molecule has 2 atom stereocenters. The van der Waals surface area contributed by atoms with Crippen molar-refractivity contribution in [1.82, 2.24) is 0 Å². The molecule has 0 aliphatic heterocycles. The Balaban J connectivity index is 4.41. The van der Waals surface area contributed by atoms with E-state index in [1.165, 1.54) is 0 Å². The van der Waals surface area contributed by atoms with E-state index in [4.69, 9.17) is 15.8 Å². The summed E-state index contributed by atoms with van der Waals surface area (Å²) in [5.74, 6) is -0.323. The van der Waals surface area contributed by atoms with Crippen molar-refractivity contribution < 1.29 is 0 Å². The van der Waals surface area contributed by atoms with E-state index < -0.39 is 5.41 Å². The Morgan fingerprint density at radius 2 is 1.92 bits per heavy atom. The summed E-state index contributed by atoms with van der Waals surface area (Å²) in [5.41, 5.74) is -0.676. The monoisotopic (exact) mass is 161 g/mol. The van der Waals surface area contributed by atoms with Gasteiger partial charge in [0.05, 0.1) is 29.5 Å². The molecule has 0 aliphatic carbocycles. The van der Waals surface area contributed by atoms with Crippen molar-refractivity contribution in [2.24, 2.45) is 11.3 Å². The first-order valence-corrected chi connectivity index (χ1v) is 3.78. The maximum atomic E-state index is 8.80. The Morgan fingerprint density at radius 3 is 2.25 bits per heavy atom. The van der Waals surface area contributed by atoms with Gasteiger partial charge in [0.15, 0.2) is 0 Å². The SMILES string of the molecule is CC(C#N)C(C)(C#N)CCC#N. The van der Waals surface area contributed by atoms with Crippen LogP contribution in [0, 0.1) is 45.3 Å². The van der Waals surface area contributed by atoms with Crippen LogP contribution in [-0.4, -0.2) is 0 Å². The molecule has 0 aromatic carbocycles. The molecule has 62 valence electrons. The molecular weight excluding hydrogens is 150 g/mol. The van der Waals surface area contributed by atoms with Crippen LogP contribution in [0.15, 0.2) is 0 Å². The van der Waals surface area contributed by atoms with E-state index in [0.29, 0.717) is 12.8 Å². The third-order valence-electron chi connectivity index (χ3n) is 2.16. The van der Waals surface area contributed by atoms with Crippen LogP contribution in [0.3, 0.4) is 0 Å². The molecule has 0 fully saturated rings. The third kappa shape index (κ3) is 2.26. The van der Waals surface area contributed by atoms with Crippen LogP contribution in [0.2, 0.25) is 0 Å². The Kier molecular flexibility index (Phi) is 3.81. The van der Waals surface area contributed by atoms with Gasteiger partial charge in [-0.25, -0.2) is 0 Å². The molecule has 12 heavy (non-hydrogen) atoms. The van der Waals surface area contributed by atoms with Crippen molar-refractivity contribution in [3.05, 3.63) is 0 Å². The van der Waals surface area contributed by atoms with Crippen molar-refractivity contribution in [2.75, 3.05) is 0 Å². The molecule has 0 aliphatic rings. The lowest BCUT2D eigenvalue weighted by Gasteiger charge is -2.22. The normalized spacial score (nSPS) is 16.2. The van der Waals surface area contributed by atoms with E-state index >= 15 is 0 Å². The number of hydrogen-bond donors (Lipinski definition) is 0. The summed E-state index contributed by atoms with van der Waals surface area (Å²) in [5, 5.41) is 25.8. The number of rotatable bonds is 3. The fourth-order valence-electron chi connectivity index (χ4n) is 0.827. The quantitative estimate of drug-likeness (QED) is 0.635. The Labute approximate surface area is 72.8 Å². The molecule has 0 aromatic heterocycles. The summed E-state index contributed by atoms with van der Waals surface area (Å²) < 4.78 is 0. The van der Waals surface area contributed by atoms with Gasteiger partial charge in [0.1, 0.15) is 0 Å². The highest BCUT2D eigenvalue weighted by Gasteiger charge is 2.30. The van der Waals surface area contributed by atoms with Gasteiger partial charge in [-0.05, 0) is 20.3 Å². The highest BCUT2D eigenvalue weighted by molar-refractivity contribution is 5.06. The van der Waals surface area contributed by atoms with E-state index in [2.05, 4.69) is 6.07 Å². The molecular formula is C9H11N3. The Bertz CT molecular complexity index is 263. The lowest BCUT2D eigenvalue weighted by Crippen LogP contribution is -2.22. The van der Waals surface area contributed by atoms with Gasteiger partial charge in [-0.15, -0.1) is 0 Å². The van der Waals surface area contributed by atoms with Crippen molar-refractivity contribution >= 4 is 0 Å². The number of hydrogen-bond acceptors (Lipinski definition) is 3. The summed E-state index contributed by atoms with van der Waals surface area (Å²) in [4.78, 5) is 0. The van der Waals surface area contributed by atoms with E-state index in [-0.39, 0.29) is 5.92 Å². The van der Waals surface area contributed by atoms with Crippen molar-refractivity contribution in [3.63, 3.8) is 0 Å². The van der Waals surface area contributed by atoms with Gasteiger partial charge in [-0.2, -0.15) is 15.8 Å². The third-order valence-corrected chi connectivity index (χ3v) is 2.16. The topological polar surface area (TPSA) is 71.4 Å². The predicted molar refractivity (Wildman–Crippen MR) is 43.3 cm³/mol. The second kappa shape index (κ2) is 4.37. The molecule has 0 heterocycles. The van der Waals surface area contributed by atoms with Gasteiger partial charge >= 0.3 is 0 Å². The zero-order valence-electron chi connectivity index (χ0n) is 7.33. The van der Waals surface area contributed by atoms with Crippen LogP contribution in [-0.2, 0) is 0 Å². The van der Waals surface area contributed by atoms with Gasteiger partial charge < -0.3 is 0 Å². The molecule has 0 N–H and O–H groups in total. The summed E-state index contributed by atoms with van der Waals surface area (Å²) in [6.45, 7) is 3.43. The van der Waals surface area contributed by atoms with Gasteiger partial charge in [0.2, 0.25) is 0 Å². The van der Waals surface area contributed by atoms with E-state index in [0.717, 1.165) is 0 Å². The lowest BCUT2D eigenvalue weighted by molar-refractivity contribution is 0.326. The molecule has 0 amide bonds. The highest BCUT2D eigenvalue weighted by atomic mass is 14.4. The molecule has 0 saturated carbocycles. The van der Waals surface area contributed by atoms with E-state index in [1.54, 1.807) is 13.8 Å². The summed E-state index contributed by atoms with van der Waals surface area (Å²) in [7, 11) is 0. The number of nitrogens with zero attached hydrogens (tertiary/aromatic N) is 3. The van der Waals surface area contributed by atoms with Crippen molar-refractivity contribution in [3.8, 4) is 18.2 Å². The van der Waals surface area contributed by atoms with E-state index in [9.17, 15) is 0 Å². The molecule has 0 saturated heterocycles. The predicted octanol–water partition coefficient (Wildman–Crippen LogP) is 1.98. The molecule has 3 nitrogen and oxygen atoms in total. The fourth-order valence-corrected chi connectivity index (χ4v) is 0.827. The van der Waals surface area contributed by atoms with Gasteiger partial charge in [-0.3, -0.25) is 0 Å². The largest absolute Gasteiger partial charge is 0.198 e. The van der Waals surface area contributed by atoms with Crippen LogP contribution >= 0.6 is 0 Å². The smallest absolute Gasteiger partial charge is 0.0711 e. The molecule has 0 radical (unpaired) electrons. The average molecular weight is 161 g/mol. The van der Waals surface area contributed by atoms with Crippen molar-refractivity contribution in [1.29, 1.82) is 15.8 Å². The number of nitriles is 3.